The molecule has 0 unspecified atom stereocenters. The van der Waals surface area contributed by atoms with Crippen LogP contribution in [0.4, 0.5) is 24.8 Å². The van der Waals surface area contributed by atoms with Crippen molar-refractivity contribution in [1.82, 2.24) is 29.9 Å². The fourth-order valence-electron chi connectivity index (χ4n) is 3.43. The second kappa shape index (κ2) is 8.05. The van der Waals surface area contributed by atoms with Crippen LogP contribution in [0.25, 0.3) is 11.0 Å². The van der Waals surface area contributed by atoms with E-state index in [9.17, 15) is 4.39 Å². The van der Waals surface area contributed by atoms with E-state index in [-0.39, 0.29) is 11.5 Å². The lowest BCUT2D eigenvalue weighted by Crippen LogP contribution is -2.20. The third kappa shape index (κ3) is 4.14. The molecule has 10 heteroatoms. The summed E-state index contributed by atoms with van der Waals surface area (Å²) in [4.78, 5) is 8.18. The monoisotopic (exact) mass is 449 g/mol. The fraction of sp³-hybridized carbons (Fsp3) is 0.130. The van der Waals surface area contributed by atoms with Gasteiger partial charge in [-0.05, 0) is 36.8 Å². The molecule has 0 aliphatic heterocycles. The summed E-state index contributed by atoms with van der Waals surface area (Å²) in [5.74, 6) is -4.37. The number of nitrogens with zero attached hydrogens (tertiary/aromatic N) is 5. The molecule has 33 heavy (non-hydrogen) atoms. The van der Waals surface area contributed by atoms with Crippen molar-refractivity contribution in [2.24, 2.45) is 0 Å². The summed E-state index contributed by atoms with van der Waals surface area (Å²) in [5, 5.41) is 14.7. The van der Waals surface area contributed by atoms with Crippen molar-refractivity contribution >= 4 is 22.7 Å². The third-order valence-electron chi connectivity index (χ3n) is 5.05. The van der Waals surface area contributed by atoms with Crippen LogP contribution < -0.4 is 5.32 Å². The number of H-pyrrole nitrogens is 1. The standard InChI is InChI=1S/C23H18F3N7/c1-14-11-19(31-30-14)27-20-18-13-33(12-15-5-3-2-4-6-15)32-21(18)29-22(28-20)23(25,26)16-7-9-17(24)10-8-16/h2-11,13H,12H2,1H3,(H2,27,28,29,30,31,32). The van der Waals surface area contributed by atoms with Gasteiger partial charge >= 0.3 is 5.92 Å². The molecule has 7 nitrogen and oxygen atoms in total. The van der Waals surface area contributed by atoms with E-state index >= 15 is 8.78 Å². The molecular formula is C23H18F3N7. The highest BCUT2D eigenvalue weighted by molar-refractivity contribution is 5.88. The number of hydrogen-bond acceptors (Lipinski definition) is 5. The van der Waals surface area contributed by atoms with Gasteiger partial charge in [-0.2, -0.15) is 19.0 Å². The molecule has 0 saturated heterocycles. The maximum Gasteiger partial charge on any atom is 0.331 e. The number of halogens is 3. The van der Waals surface area contributed by atoms with E-state index in [2.05, 4.69) is 30.6 Å². The Bertz CT molecular complexity index is 1410. The molecule has 3 heterocycles. The summed E-state index contributed by atoms with van der Waals surface area (Å²) in [7, 11) is 0. The van der Waals surface area contributed by atoms with Crippen molar-refractivity contribution in [3.8, 4) is 0 Å². The number of alkyl halides is 2. The smallest absolute Gasteiger partial charge is 0.323 e. The summed E-state index contributed by atoms with van der Waals surface area (Å²) in [6, 6.07) is 15.3. The number of benzene rings is 2. The van der Waals surface area contributed by atoms with Gasteiger partial charge in [-0.15, -0.1) is 0 Å². The lowest BCUT2D eigenvalue weighted by Gasteiger charge is -2.16. The molecule has 5 rings (SSSR count). The van der Waals surface area contributed by atoms with Crippen molar-refractivity contribution in [2.45, 2.75) is 19.4 Å². The number of fused-ring (bicyclic) bond motifs is 1. The van der Waals surface area contributed by atoms with Crippen LogP contribution in [0.3, 0.4) is 0 Å². The summed E-state index contributed by atoms with van der Waals surface area (Å²) in [6.07, 6.45) is 1.70. The number of rotatable bonds is 6. The maximum absolute atomic E-state index is 15.3. The molecular weight excluding hydrogens is 431 g/mol. The van der Waals surface area contributed by atoms with E-state index in [4.69, 9.17) is 0 Å². The van der Waals surface area contributed by atoms with Crippen LogP contribution in [0, 0.1) is 12.7 Å². The molecule has 0 atom stereocenters. The Morgan fingerprint density at radius 1 is 1.03 bits per heavy atom. The minimum atomic E-state index is -3.57. The number of aryl methyl sites for hydroxylation is 1. The maximum atomic E-state index is 15.3. The Hall–Kier alpha value is -4.21. The third-order valence-corrected chi connectivity index (χ3v) is 5.05. The van der Waals surface area contributed by atoms with E-state index in [0.29, 0.717) is 17.7 Å². The van der Waals surface area contributed by atoms with Gasteiger partial charge in [0.1, 0.15) is 11.6 Å². The molecule has 3 aromatic heterocycles. The van der Waals surface area contributed by atoms with Gasteiger partial charge in [0, 0.05) is 23.5 Å². The average Bonchev–Trinajstić information content (AvgIpc) is 3.40. The number of nitrogens with one attached hydrogen (secondary N) is 2. The molecule has 0 amide bonds. The zero-order valence-corrected chi connectivity index (χ0v) is 17.4. The van der Waals surface area contributed by atoms with E-state index in [1.165, 1.54) is 0 Å². The molecule has 0 saturated carbocycles. The number of aromatic amines is 1. The molecule has 2 N–H and O–H groups in total. The SMILES string of the molecule is Cc1cc(Nc2nc(C(F)(F)c3ccc(F)cc3)nc3nn(Cc4ccccc4)cc23)n[nH]1. The van der Waals surface area contributed by atoms with Crippen LogP contribution in [0.2, 0.25) is 0 Å². The van der Waals surface area contributed by atoms with Gasteiger partial charge in [-0.1, -0.05) is 30.3 Å². The van der Waals surface area contributed by atoms with Crippen LogP contribution in [0.15, 0.2) is 66.9 Å². The van der Waals surface area contributed by atoms with Gasteiger partial charge in [-0.25, -0.2) is 14.4 Å². The largest absolute Gasteiger partial charge is 0.331 e. The number of hydrogen-bond donors (Lipinski definition) is 2. The highest BCUT2D eigenvalue weighted by Crippen LogP contribution is 2.36. The lowest BCUT2D eigenvalue weighted by molar-refractivity contribution is 0.0332. The minimum absolute atomic E-state index is 0.104. The van der Waals surface area contributed by atoms with Crippen molar-refractivity contribution in [3.63, 3.8) is 0 Å². The molecule has 5 aromatic rings. The quantitative estimate of drug-likeness (QED) is 0.384. The van der Waals surface area contributed by atoms with Crippen LogP contribution >= 0.6 is 0 Å². The molecule has 0 fully saturated rings. The predicted octanol–water partition coefficient (Wildman–Crippen LogP) is 4.93. The first-order chi connectivity index (χ1) is 15.9. The Morgan fingerprint density at radius 3 is 2.48 bits per heavy atom. The fourth-order valence-corrected chi connectivity index (χ4v) is 3.43. The molecule has 0 aliphatic carbocycles. The van der Waals surface area contributed by atoms with Gasteiger partial charge in [-0.3, -0.25) is 9.78 Å². The zero-order valence-electron chi connectivity index (χ0n) is 17.4. The minimum Gasteiger partial charge on any atom is -0.323 e. The van der Waals surface area contributed by atoms with E-state index in [0.717, 1.165) is 35.5 Å². The highest BCUT2D eigenvalue weighted by atomic mass is 19.3. The molecule has 0 aliphatic rings. The Labute approximate surface area is 186 Å². The van der Waals surface area contributed by atoms with Crippen LogP contribution in [0.1, 0.15) is 22.6 Å². The van der Waals surface area contributed by atoms with Gasteiger partial charge < -0.3 is 5.32 Å². The first-order valence-electron chi connectivity index (χ1n) is 10.1. The van der Waals surface area contributed by atoms with Crippen LogP contribution in [-0.2, 0) is 12.5 Å². The van der Waals surface area contributed by atoms with Gasteiger partial charge in [0.25, 0.3) is 0 Å². The molecule has 166 valence electrons. The van der Waals surface area contributed by atoms with Crippen molar-refractivity contribution < 1.29 is 13.2 Å². The van der Waals surface area contributed by atoms with Crippen molar-refractivity contribution in [2.75, 3.05) is 5.32 Å². The van der Waals surface area contributed by atoms with Crippen LogP contribution in [0.5, 0.6) is 0 Å². The molecule has 0 spiro atoms. The average molecular weight is 449 g/mol. The van der Waals surface area contributed by atoms with Gasteiger partial charge in [0.05, 0.1) is 11.9 Å². The summed E-state index contributed by atoms with van der Waals surface area (Å²) in [5.41, 5.74) is 1.47. The van der Waals surface area contributed by atoms with Crippen molar-refractivity contribution in [3.05, 3.63) is 95.3 Å². The Kier molecular flexibility index (Phi) is 5.04. The first-order valence-corrected chi connectivity index (χ1v) is 10.1. The van der Waals surface area contributed by atoms with Crippen LogP contribution in [-0.4, -0.2) is 29.9 Å². The van der Waals surface area contributed by atoms with E-state index < -0.39 is 23.1 Å². The molecule has 0 radical (unpaired) electrons. The van der Waals surface area contributed by atoms with Crippen molar-refractivity contribution in [1.29, 1.82) is 0 Å². The number of anilines is 2. The van der Waals surface area contributed by atoms with Gasteiger partial charge in [0.15, 0.2) is 11.5 Å². The van der Waals surface area contributed by atoms with E-state index in [1.807, 2.05) is 37.3 Å². The first kappa shape index (κ1) is 20.7. The normalized spacial score (nSPS) is 11.8. The molecule has 2 aromatic carbocycles. The zero-order chi connectivity index (χ0) is 23.0. The summed E-state index contributed by atoms with van der Waals surface area (Å²) in [6.45, 7) is 2.25. The molecule has 0 bridgehead atoms. The van der Waals surface area contributed by atoms with E-state index in [1.54, 1.807) is 16.9 Å². The summed E-state index contributed by atoms with van der Waals surface area (Å²) >= 11 is 0. The van der Waals surface area contributed by atoms with Gasteiger partial charge in [0.2, 0.25) is 5.82 Å². The lowest BCUT2D eigenvalue weighted by atomic mass is 10.1. The summed E-state index contributed by atoms with van der Waals surface area (Å²) < 4.78 is 45.5. The highest BCUT2D eigenvalue weighted by Gasteiger charge is 2.38. The second-order valence-corrected chi connectivity index (χ2v) is 7.59. The topological polar surface area (TPSA) is 84.3 Å². The predicted molar refractivity (Wildman–Crippen MR) is 117 cm³/mol. The Balaban J connectivity index is 1.61. The number of aromatic nitrogens is 6. The Morgan fingerprint density at radius 2 is 1.79 bits per heavy atom. The second-order valence-electron chi connectivity index (χ2n) is 7.59.